The van der Waals surface area contributed by atoms with Gasteiger partial charge >= 0.3 is 0 Å². The van der Waals surface area contributed by atoms with E-state index in [1.807, 2.05) is 63.2 Å². The summed E-state index contributed by atoms with van der Waals surface area (Å²) in [5, 5.41) is 2.90. The molecule has 0 aliphatic heterocycles. The monoisotopic (exact) mass is 327 g/mol. The zero-order valence-electron chi connectivity index (χ0n) is 14.8. The van der Waals surface area contributed by atoms with Crippen molar-refractivity contribution in [1.29, 1.82) is 0 Å². The fourth-order valence-electron chi connectivity index (χ4n) is 2.34. The molecule has 1 amide bonds. The van der Waals surface area contributed by atoms with Crippen LogP contribution in [0.15, 0.2) is 42.5 Å². The summed E-state index contributed by atoms with van der Waals surface area (Å²) in [6.07, 6.45) is -0.555. The molecule has 1 unspecified atom stereocenters. The second-order valence-electron chi connectivity index (χ2n) is 5.76. The highest BCUT2D eigenvalue weighted by Gasteiger charge is 2.15. The van der Waals surface area contributed by atoms with Gasteiger partial charge in [-0.2, -0.15) is 0 Å². The average molecular weight is 327 g/mol. The Morgan fingerprint density at radius 1 is 1.17 bits per heavy atom. The second-order valence-corrected chi connectivity index (χ2v) is 5.76. The molecule has 0 heterocycles. The highest BCUT2D eigenvalue weighted by molar-refractivity contribution is 5.80. The summed E-state index contributed by atoms with van der Waals surface area (Å²) in [4.78, 5) is 12.3. The molecule has 0 bridgehead atoms. The van der Waals surface area contributed by atoms with Crippen molar-refractivity contribution >= 4 is 5.91 Å². The van der Waals surface area contributed by atoms with Crippen LogP contribution in [0.1, 0.15) is 30.5 Å². The van der Waals surface area contributed by atoms with Crippen LogP contribution in [0.3, 0.4) is 0 Å². The third-order valence-electron chi connectivity index (χ3n) is 3.90. The molecule has 1 atom stereocenters. The predicted molar refractivity (Wildman–Crippen MR) is 95.5 cm³/mol. The van der Waals surface area contributed by atoms with Crippen LogP contribution < -0.4 is 14.8 Å². The second kappa shape index (κ2) is 8.39. The van der Waals surface area contributed by atoms with Gasteiger partial charge in [-0.3, -0.25) is 4.79 Å². The zero-order valence-corrected chi connectivity index (χ0v) is 14.8. The van der Waals surface area contributed by atoms with Gasteiger partial charge in [-0.1, -0.05) is 24.3 Å². The smallest absolute Gasteiger partial charge is 0.261 e. The molecule has 2 rings (SSSR count). The van der Waals surface area contributed by atoms with E-state index in [0.29, 0.717) is 13.2 Å². The predicted octanol–water partition coefficient (Wildman–Crippen LogP) is 3.79. The van der Waals surface area contributed by atoms with Crippen molar-refractivity contribution in [3.8, 4) is 11.5 Å². The van der Waals surface area contributed by atoms with E-state index in [2.05, 4.69) is 5.32 Å². The first-order chi connectivity index (χ1) is 11.5. The maximum absolute atomic E-state index is 12.3. The Kier molecular flexibility index (Phi) is 6.24. The third-order valence-corrected chi connectivity index (χ3v) is 3.90. The van der Waals surface area contributed by atoms with Gasteiger partial charge in [0, 0.05) is 6.54 Å². The number of ether oxygens (including phenoxy) is 2. The van der Waals surface area contributed by atoms with Gasteiger partial charge in [-0.05, 0) is 62.6 Å². The van der Waals surface area contributed by atoms with E-state index in [9.17, 15) is 4.79 Å². The summed E-state index contributed by atoms with van der Waals surface area (Å²) in [6, 6.07) is 13.6. The molecule has 0 saturated carbocycles. The van der Waals surface area contributed by atoms with Crippen LogP contribution in [0, 0.1) is 13.8 Å². The maximum atomic E-state index is 12.3. The molecule has 2 aromatic carbocycles. The van der Waals surface area contributed by atoms with Gasteiger partial charge < -0.3 is 14.8 Å². The lowest BCUT2D eigenvalue weighted by Crippen LogP contribution is -2.36. The zero-order chi connectivity index (χ0) is 17.5. The minimum atomic E-state index is -0.555. The van der Waals surface area contributed by atoms with E-state index in [0.717, 1.165) is 28.2 Å². The standard InChI is InChI=1S/C20H25NO3/c1-5-23-18-10-7-9-17(12-18)13-21-20(22)16(4)24-19-11-6-8-14(2)15(19)3/h6-12,16H,5,13H2,1-4H3,(H,21,22). The molecule has 0 aliphatic rings. The van der Waals surface area contributed by atoms with Gasteiger partial charge in [0.15, 0.2) is 6.10 Å². The number of carbonyl (C=O) groups excluding carboxylic acids is 1. The van der Waals surface area contributed by atoms with Crippen LogP contribution in [0.5, 0.6) is 11.5 Å². The Balaban J connectivity index is 1.92. The van der Waals surface area contributed by atoms with Gasteiger partial charge in [0.25, 0.3) is 5.91 Å². The quantitative estimate of drug-likeness (QED) is 0.842. The molecular weight excluding hydrogens is 302 g/mol. The minimum absolute atomic E-state index is 0.141. The highest BCUT2D eigenvalue weighted by Crippen LogP contribution is 2.21. The van der Waals surface area contributed by atoms with E-state index in [1.165, 1.54) is 0 Å². The van der Waals surface area contributed by atoms with Crippen molar-refractivity contribution in [2.45, 2.75) is 40.3 Å². The molecule has 0 saturated heterocycles. The van der Waals surface area contributed by atoms with E-state index < -0.39 is 6.10 Å². The van der Waals surface area contributed by atoms with Gasteiger partial charge in [0.1, 0.15) is 11.5 Å². The largest absolute Gasteiger partial charge is 0.494 e. The third kappa shape index (κ3) is 4.75. The first kappa shape index (κ1) is 17.9. The maximum Gasteiger partial charge on any atom is 0.261 e. The van der Waals surface area contributed by atoms with Crippen LogP contribution in [-0.4, -0.2) is 18.6 Å². The average Bonchev–Trinajstić information content (AvgIpc) is 2.57. The Morgan fingerprint density at radius 3 is 2.67 bits per heavy atom. The number of rotatable bonds is 7. The molecule has 0 aromatic heterocycles. The van der Waals surface area contributed by atoms with Crippen molar-refractivity contribution in [2.24, 2.45) is 0 Å². The van der Waals surface area contributed by atoms with Crippen molar-refractivity contribution in [3.05, 3.63) is 59.2 Å². The van der Waals surface area contributed by atoms with Crippen LogP contribution in [0.25, 0.3) is 0 Å². The lowest BCUT2D eigenvalue weighted by atomic mass is 10.1. The molecule has 0 aliphatic carbocycles. The molecule has 1 N–H and O–H groups in total. The van der Waals surface area contributed by atoms with E-state index >= 15 is 0 Å². The lowest BCUT2D eigenvalue weighted by molar-refractivity contribution is -0.127. The van der Waals surface area contributed by atoms with Gasteiger partial charge in [0.05, 0.1) is 6.61 Å². The number of hydrogen-bond acceptors (Lipinski definition) is 3. The summed E-state index contributed by atoms with van der Waals surface area (Å²) in [6.45, 7) is 8.79. The molecule has 24 heavy (non-hydrogen) atoms. The first-order valence-electron chi connectivity index (χ1n) is 8.23. The molecule has 4 heteroatoms. The van der Waals surface area contributed by atoms with Crippen LogP contribution in [0.2, 0.25) is 0 Å². The summed E-state index contributed by atoms with van der Waals surface area (Å²) in [5.74, 6) is 1.41. The molecule has 128 valence electrons. The van der Waals surface area contributed by atoms with Gasteiger partial charge in [0.2, 0.25) is 0 Å². The number of nitrogens with one attached hydrogen (secondary N) is 1. The first-order valence-corrected chi connectivity index (χ1v) is 8.23. The topological polar surface area (TPSA) is 47.6 Å². The number of aryl methyl sites for hydroxylation is 1. The molecule has 0 fully saturated rings. The normalized spacial score (nSPS) is 11.7. The SMILES string of the molecule is CCOc1cccc(CNC(=O)C(C)Oc2cccc(C)c2C)c1. The number of benzene rings is 2. The van der Waals surface area contributed by atoms with Crippen LogP contribution >= 0.6 is 0 Å². The number of hydrogen-bond donors (Lipinski definition) is 1. The Bertz CT molecular complexity index is 697. The Labute approximate surface area is 143 Å². The van der Waals surface area contributed by atoms with Crippen molar-refractivity contribution in [1.82, 2.24) is 5.32 Å². The van der Waals surface area contributed by atoms with Crippen LogP contribution in [-0.2, 0) is 11.3 Å². The van der Waals surface area contributed by atoms with Crippen molar-refractivity contribution in [2.75, 3.05) is 6.61 Å². The molecule has 4 nitrogen and oxygen atoms in total. The molecule has 0 spiro atoms. The Morgan fingerprint density at radius 2 is 1.92 bits per heavy atom. The van der Waals surface area contributed by atoms with E-state index in [1.54, 1.807) is 6.92 Å². The molecule has 2 aromatic rings. The van der Waals surface area contributed by atoms with E-state index in [4.69, 9.17) is 9.47 Å². The Hall–Kier alpha value is -2.49. The fourth-order valence-corrected chi connectivity index (χ4v) is 2.34. The number of amides is 1. The lowest BCUT2D eigenvalue weighted by Gasteiger charge is -2.17. The summed E-state index contributed by atoms with van der Waals surface area (Å²) >= 11 is 0. The van der Waals surface area contributed by atoms with Crippen molar-refractivity contribution < 1.29 is 14.3 Å². The van der Waals surface area contributed by atoms with Gasteiger partial charge in [-0.25, -0.2) is 0 Å². The van der Waals surface area contributed by atoms with Crippen molar-refractivity contribution in [3.63, 3.8) is 0 Å². The number of carbonyl (C=O) groups is 1. The summed E-state index contributed by atoms with van der Waals surface area (Å²) in [7, 11) is 0. The fraction of sp³-hybridized carbons (Fsp3) is 0.350. The highest BCUT2D eigenvalue weighted by atomic mass is 16.5. The van der Waals surface area contributed by atoms with Gasteiger partial charge in [-0.15, -0.1) is 0 Å². The summed E-state index contributed by atoms with van der Waals surface area (Å²) < 4.78 is 11.3. The van der Waals surface area contributed by atoms with E-state index in [-0.39, 0.29) is 5.91 Å². The molecular formula is C20H25NO3. The molecule has 0 radical (unpaired) electrons. The minimum Gasteiger partial charge on any atom is -0.494 e. The summed E-state index contributed by atoms with van der Waals surface area (Å²) in [5.41, 5.74) is 3.20. The van der Waals surface area contributed by atoms with Crippen LogP contribution in [0.4, 0.5) is 0 Å².